The van der Waals surface area contributed by atoms with Gasteiger partial charge in [-0.3, -0.25) is 0 Å². The third-order valence-electron chi connectivity index (χ3n) is 4.64. The molecule has 2 heterocycles. The maximum atomic E-state index is 5.95. The summed E-state index contributed by atoms with van der Waals surface area (Å²) in [7, 11) is 0. The van der Waals surface area contributed by atoms with Crippen molar-refractivity contribution in [1.82, 2.24) is 10.3 Å². The molecule has 0 amide bonds. The number of unbranched alkanes of at least 4 members (excludes halogenated alkanes) is 1. The Morgan fingerprint density at radius 3 is 2.86 bits per heavy atom. The predicted molar refractivity (Wildman–Crippen MR) is 113 cm³/mol. The van der Waals surface area contributed by atoms with Crippen LogP contribution in [0.5, 0.6) is 11.5 Å². The van der Waals surface area contributed by atoms with Crippen LogP contribution in [-0.4, -0.2) is 24.7 Å². The van der Waals surface area contributed by atoms with Gasteiger partial charge >= 0.3 is 0 Å². The van der Waals surface area contributed by atoms with E-state index < -0.39 is 0 Å². The van der Waals surface area contributed by atoms with Gasteiger partial charge in [-0.1, -0.05) is 12.1 Å². The summed E-state index contributed by atoms with van der Waals surface area (Å²) in [5.74, 6) is 3.21. The molecule has 2 aromatic carbocycles. The van der Waals surface area contributed by atoms with E-state index in [0.717, 1.165) is 58.7 Å². The number of hydrogen-bond acceptors (Lipinski definition) is 6. The molecule has 0 radical (unpaired) electrons. The molecule has 152 valence electrons. The summed E-state index contributed by atoms with van der Waals surface area (Å²) in [6.45, 7) is 6.72. The second kappa shape index (κ2) is 9.01. The van der Waals surface area contributed by atoms with Crippen LogP contribution in [0.2, 0.25) is 0 Å². The van der Waals surface area contributed by atoms with Crippen LogP contribution in [-0.2, 0) is 6.54 Å². The van der Waals surface area contributed by atoms with Crippen LogP contribution >= 0.6 is 0 Å². The number of ether oxygens (including phenoxy) is 2. The Hall–Kier alpha value is -2.99. The molecule has 4 rings (SSSR count). The summed E-state index contributed by atoms with van der Waals surface area (Å²) in [5, 5.41) is 4.50. The molecule has 0 saturated carbocycles. The standard InChI is InChI=1S/C23H26N2O4/c1-3-26-22-8-6-7-17-13-19(29-23(17)22)15-24-11-4-5-12-27-18-9-10-21-20(14-18)25-16(2)28-21/h6-10,13-14,24H,3-5,11-12,15H2,1-2H3. The molecule has 0 spiro atoms. The SMILES string of the molecule is CCOc1cccc2cc(CNCCCCOc3ccc4oc(C)nc4c3)oc12. The molecule has 4 aromatic rings. The highest BCUT2D eigenvalue weighted by atomic mass is 16.5. The van der Waals surface area contributed by atoms with E-state index in [2.05, 4.69) is 16.4 Å². The molecule has 0 saturated heterocycles. The van der Waals surface area contributed by atoms with Gasteiger partial charge in [-0.25, -0.2) is 4.98 Å². The van der Waals surface area contributed by atoms with Crippen LogP contribution < -0.4 is 14.8 Å². The second-order valence-corrected chi connectivity index (χ2v) is 6.91. The zero-order chi connectivity index (χ0) is 20.1. The topological polar surface area (TPSA) is 69.7 Å². The second-order valence-electron chi connectivity index (χ2n) is 6.91. The summed E-state index contributed by atoms with van der Waals surface area (Å²) < 4.78 is 22.9. The molecule has 0 bridgehead atoms. The van der Waals surface area contributed by atoms with Crippen molar-refractivity contribution in [2.45, 2.75) is 33.2 Å². The summed E-state index contributed by atoms with van der Waals surface area (Å²) >= 11 is 0. The largest absolute Gasteiger partial charge is 0.494 e. The van der Waals surface area contributed by atoms with Crippen LogP contribution in [0.4, 0.5) is 0 Å². The van der Waals surface area contributed by atoms with Crippen LogP contribution in [0.15, 0.2) is 51.3 Å². The van der Waals surface area contributed by atoms with E-state index in [1.807, 2.05) is 50.2 Å². The zero-order valence-electron chi connectivity index (χ0n) is 16.9. The minimum absolute atomic E-state index is 0.627. The Kier molecular flexibility index (Phi) is 6.00. The average Bonchev–Trinajstić information content (AvgIpc) is 3.29. The van der Waals surface area contributed by atoms with E-state index in [1.54, 1.807) is 0 Å². The number of nitrogens with zero attached hydrogens (tertiary/aromatic N) is 1. The van der Waals surface area contributed by atoms with E-state index in [1.165, 1.54) is 0 Å². The smallest absolute Gasteiger partial charge is 0.192 e. The van der Waals surface area contributed by atoms with Crippen molar-refractivity contribution in [3.63, 3.8) is 0 Å². The van der Waals surface area contributed by atoms with Crippen molar-refractivity contribution in [3.05, 3.63) is 54.1 Å². The third-order valence-corrected chi connectivity index (χ3v) is 4.64. The highest BCUT2D eigenvalue weighted by Gasteiger charge is 2.08. The van der Waals surface area contributed by atoms with Crippen molar-refractivity contribution in [3.8, 4) is 11.5 Å². The first-order valence-corrected chi connectivity index (χ1v) is 10.1. The van der Waals surface area contributed by atoms with E-state index in [-0.39, 0.29) is 0 Å². The fourth-order valence-corrected chi connectivity index (χ4v) is 3.31. The average molecular weight is 394 g/mol. The maximum Gasteiger partial charge on any atom is 0.192 e. The number of benzene rings is 2. The van der Waals surface area contributed by atoms with Gasteiger partial charge in [0.05, 0.1) is 19.8 Å². The van der Waals surface area contributed by atoms with E-state index in [4.69, 9.17) is 18.3 Å². The van der Waals surface area contributed by atoms with Gasteiger partial charge in [0.2, 0.25) is 0 Å². The Morgan fingerprint density at radius 2 is 1.97 bits per heavy atom. The first-order chi connectivity index (χ1) is 14.2. The lowest BCUT2D eigenvalue weighted by Crippen LogP contribution is -2.15. The van der Waals surface area contributed by atoms with Gasteiger partial charge in [0.25, 0.3) is 0 Å². The first kappa shape index (κ1) is 19.3. The normalized spacial score (nSPS) is 11.4. The summed E-state index contributed by atoms with van der Waals surface area (Å²) in [5.41, 5.74) is 2.44. The molecule has 2 aromatic heterocycles. The van der Waals surface area contributed by atoms with Crippen molar-refractivity contribution in [2.75, 3.05) is 19.8 Å². The Labute approximate surface area is 169 Å². The Morgan fingerprint density at radius 1 is 1.03 bits per heavy atom. The third kappa shape index (κ3) is 4.71. The lowest BCUT2D eigenvalue weighted by atomic mass is 10.2. The predicted octanol–water partition coefficient (Wildman–Crippen LogP) is 5.23. The van der Waals surface area contributed by atoms with E-state index in [0.29, 0.717) is 25.6 Å². The van der Waals surface area contributed by atoms with Gasteiger partial charge in [0.1, 0.15) is 17.0 Å². The minimum atomic E-state index is 0.627. The van der Waals surface area contributed by atoms with Gasteiger partial charge in [-0.2, -0.15) is 0 Å². The molecule has 29 heavy (non-hydrogen) atoms. The molecule has 0 aliphatic heterocycles. The van der Waals surface area contributed by atoms with Crippen molar-refractivity contribution in [1.29, 1.82) is 0 Å². The minimum Gasteiger partial charge on any atom is -0.494 e. The zero-order valence-corrected chi connectivity index (χ0v) is 16.9. The molecule has 6 nitrogen and oxygen atoms in total. The van der Waals surface area contributed by atoms with Crippen LogP contribution in [0.3, 0.4) is 0 Å². The fraction of sp³-hybridized carbons (Fsp3) is 0.348. The van der Waals surface area contributed by atoms with Crippen LogP contribution in [0.25, 0.3) is 22.1 Å². The van der Waals surface area contributed by atoms with Gasteiger partial charge in [-0.15, -0.1) is 0 Å². The molecular formula is C23H26N2O4. The number of aromatic nitrogens is 1. The first-order valence-electron chi connectivity index (χ1n) is 10.1. The molecule has 6 heteroatoms. The van der Waals surface area contributed by atoms with Crippen molar-refractivity contribution < 1.29 is 18.3 Å². The molecule has 0 unspecified atom stereocenters. The lowest BCUT2D eigenvalue weighted by Gasteiger charge is -2.06. The van der Waals surface area contributed by atoms with Crippen molar-refractivity contribution >= 4 is 22.1 Å². The molecular weight excluding hydrogens is 368 g/mol. The lowest BCUT2D eigenvalue weighted by molar-refractivity contribution is 0.305. The summed E-state index contributed by atoms with van der Waals surface area (Å²) in [6, 6.07) is 13.8. The molecule has 0 aliphatic carbocycles. The monoisotopic (exact) mass is 394 g/mol. The molecule has 0 aliphatic rings. The van der Waals surface area contributed by atoms with E-state index in [9.17, 15) is 0 Å². The number of aryl methyl sites for hydroxylation is 1. The van der Waals surface area contributed by atoms with Crippen LogP contribution in [0.1, 0.15) is 31.4 Å². The highest BCUT2D eigenvalue weighted by Crippen LogP contribution is 2.28. The number of oxazole rings is 1. The number of fused-ring (bicyclic) bond motifs is 2. The molecule has 0 fully saturated rings. The maximum absolute atomic E-state index is 5.95. The van der Waals surface area contributed by atoms with Gasteiger partial charge in [0, 0.05) is 18.4 Å². The Bertz CT molecular complexity index is 1080. The fourth-order valence-electron chi connectivity index (χ4n) is 3.31. The van der Waals surface area contributed by atoms with Gasteiger partial charge < -0.3 is 23.6 Å². The molecule has 0 atom stereocenters. The van der Waals surface area contributed by atoms with Gasteiger partial charge in [0.15, 0.2) is 22.8 Å². The van der Waals surface area contributed by atoms with E-state index >= 15 is 0 Å². The summed E-state index contributed by atoms with van der Waals surface area (Å²) in [6.07, 6.45) is 1.99. The van der Waals surface area contributed by atoms with Crippen molar-refractivity contribution in [2.24, 2.45) is 0 Å². The van der Waals surface area contributed by atoms with Gasteiger partial charge in [-0.05, 0) is 50.6 Å². The Balaban J connectivity index is 1.18. The number of nitrogens with one attached hydrogen (secondary N) is 1. The highest BCUT2D eigenvalue weighted by molar-refractivity contribution is 5.83. The number of para-hydroxylation sites is 1. The molecule has 1 N–H and O–H groups in total. The van der Waals surface area contributed by atoms with Crippen LogP contribution in [0, 0.1) is 6.92 Å². The number of rotatable bonds is 10. The number of furan rings is 1. The quantitative estimate of drug-likeness (QED) is 0.371. The number of hydrogen-bond donors (Lipinski definition) is 1. The summed E-state index contributed by atoms with van der Waals surface area (Å²) in [4.78, 5) is 4.33.